The Kier molecular flexibility index (Phi) is 6.69. The SMILES string of the molecule is CCCCOC(=O)c1ccc2c(c1)nc(N)c1nc(CCCC)n(CC(C)O)c12. The van der Waals surface area contributed by atoms with Crippen molar-refractivity contribution >= 4 is 33.7 Å². The van der Waals surface area contributed by atoms with E-state index in [4.69, 9.17) is 15.5 Å². The highest BCUT2D eigenvalue weighted by Gasteiger charge is 2.19. The number of nitrogens with zero attached hydrogens (tertiary/aromatic N) is 3. The fourth-order valence-electron chi connectivity index (χ4n) is 3.46. The number of hydrogen-bond acceptors (Lipinski definition) is 6. The summed E-state index contributed by atoms with van der Waals surface area (Å²) in [5.74, 6) is 0.861. The summed E-state index contributed by atoms with van der Waals surface area (Å²) in [4.78, 5) is 21.5. The zero-order valence-electron chi connectivity index (χ0n) is 17.4. The molecule has 1 aromatic carbocycles. The third kappa shape index (κ3) is 4.50. The third-order valence-corrected chi connectivity index (χ3v) is 4.95. The number of aromatic nitrogens is 3. The van der Waals surface area contributed by atoms with Gasteiger partial charge in [0.15, 0.2) is 5.82 Å². The van der Waals surface area contributed by atoms with E-state index < -0.39 is 6.10 Å². The van der Waals surface area contributed by atoms with Crippen LogP contribution in [0, 0.1) is 0 Å². The molecule has 0 aliphatic carbocycles. The van der Waals surface area contributed by atoms with E-state index in [1.54, 1.807) is 19.1 Å². The number of rotatable bonds is 9. The molecule has 0 saturated carbocycles. The van der Waals surface area contributed by atoms with Crippen LogP contribution in [0.15, 0.2) is 18.2 Å². The predicted molar refractivity (Wildman–Crippen MR) is 115 cm³/mol. The zero-order valence-corrected chi connectivity index (χ0v) is 17.4. The van der Waals surface area contributed by atoms with Crippen molar-refractivity contribution in [1.29, 1.82) is 0 Å². The van der Waals surface area contributed by atoms with Gasteiger partial charge in [-0.25, -0.2) is 14.8 Å². The molecule has 7 heteroatoms. The molecule has 0 amide bonds. The number of aliphatic hydroxyl groups excluding tert-OH is 1. The first-order valence-electron chi connectivity index (χ1n) is 10.4. The number of anilines is 1. The Morgan fingerprint density at radius 1 is 1.24 bits per heavy atom. The molecular formula is C22H30N4O3. The van der Waals surface area contributed by atoms with E-state index in [2.05, 4.69) is 11.9 Å². The molecule has 0 bridgehead atoms. The van der Waals surface area contributed by atoms with Crippen molar-refractivity contribution in [3.05, 3.63) is 29.6 Å². The quantitative estimate of drug-likeness (QED) is 0.419. The maximum Gasteiger partial charge on any atom is 0.338 e. The van der Waals surface area contributed by atoms with Crippen LogP contribution >= 0.6 is 0 Å². The number of pyridine rings is 1. The van der Waals surface area contributed by atoms with Crippen LogP contribution in [0.3, 0.4) is 0 Å². The van der Waals surface area contributed by atoms with Gasteiger partial charge in [0.05, 0.1) is 35.9 Å². The highest BCUT2D eigenvalue weighted by atomic mass is 16.5. The normalized spacial score (nSPS) is 12.6. The Labute approximate surface area is 170 Å². The number of aryl methyl sites for hydroxylation is 1. The van der Waals surface area contributed by atoms with Crippen LogP contribution in [0.1, 0.15) is 62.6 Å². The van der Waals surface area contributed by atoms with Gasteiger partial charge in [-0.05, 0) is 38.0 Å². The number of nitrogens with two attached hydrogens (primary N) is 1. The topological polar surface area (TPSA) is 103 Å². The number of fused-ring (bicyclic) bond motifs is 3. The lowest BCUT2D eigenvalue weighted by Crippen LogP contribution is -2.14. The summed E-state index contributed by atoms with van der Waals surface area (Å²) in [6.45, 7) is 6.77. The molecule has 0 fully saturated rings. The molecule has 0 spiro atoms. The zero-order chi connectivity index (χ0) is 21.0. The van der Waals surface area contributed by atoms with Gasteiger partial charge in [0, 0.05) is 11.8 Å². The lowest BCUT2D eigenvalue weighted by Gasteiger charge is -2.13. The van der Waals surface area contributed by atoms with E-state index in [0.29, 0.717) is 35.6 Å². The second-order valence-corrected chi connectivity index (χ2v) is 7.51. The second-order valence-electron chi connectivity index (χ2n) is 7.51. The molecule has 0 aliphatic heterocycles. The Morgan fingerprint density at radius 2 is 2.00 bits per heavy atom. The van der Waals surface area contributed by atoms with E-state index in [1.165, 1.54) is 0 Å². The molecule has 0 saturated heterocycles. The van der Waals surface area contributed by atoms with Crippen molar-refractivity contribution in [3.63, 3.8) is 0 Å². The maximum atomic E-state index is 12.3. The fraction of sp³-hybridized carbons (Fsp3) is 0.500. The number of carbonyl (C=O) groups is 1. The van der Waals surface area contributed by atoms with Crippen molar-refractivity contribution in [2.75, 3.05) is 12.3 Å². The summed E-state index contributed by atoms with van der Waals surface area (Å²) in [7, 11) is 0. The largest absolute Gasteiger partial charge is 0.462 e. The van der Waals surface area contributed by atoms with E-state index >= 15 is 0 Å². The molecule has 156 valence electrons. The summed E-state index contributed by atoms with van der Waals surface area (Å²) >= 11 is 0. The lowest BCUT2D eigenvalue weighted by molar-refractivity contribution is 0.0500. The Morgan fingerprint density at radius 3 is 2.69 bits per heavy atom. The monoisotopic (exact) mass is 398 g/mol. The number of ether oxygens (including phenoxy) is 1. The Hall–Kier alpha value is -2.67. The Balaban J connectivity index is 2.11. The minimum absolute atomic E-state index is 0.325. The van der Waals surface area contributed by atoms with Gasteiger partial charge < -0.3 is 20.1 Å². The molecule has 1 atom stereocenters. The van der Waals surface area contributed by atoms with Crippen molar-refractivity contribution in [3.8, 4) is 0 Å². The van der Waals surface area contributed by atoms with Crippen LogP contribution in [0.25, 0.3) is 21.9 Å². The molecule has 3 N–H and O–H groups in total. The number of hydrogen-bond donors (Lipinski definition) is 2. The van der Waals surface area contributed by atoms with Gasteiger partial charge in [0.2, 0.25) is 0 Å². The number of carbonyl (C=O) groups excluding carboxylic acids is 1. The first-order valence-corrected chi connectivity index (χ1v) is 10.4. The molecule has 2 heterocycles. The molecule has 0 aliphatic rings. The minimum atomic E-state index is -0.523. The van der Waals surface area contributed by atoms with E-state index in [0.717, 1.165) is 48.8 Å². The van der Waals surface area contributed by atoms with Crippen LogP contribution in [0.4, 0.5) is 5.82 Å². The number of nitrogen functional groups attached to an aromatic ring is 1. The van der Waals surface area contributed by atoms with Crippen LogP contribution in [0.5, 0.6) is 0 Å². The maximum absolute atomic E-state index is 12.3. The van der Waals surface area contributed by atoms with Gasteiger partial charge >= 0.3 is 5.97 Å². The van der Waals surface area contributed by atoms with Crippen molar-refractivity contribution < 1.29 is 14.6 Å². The van der Waals surface area contributed by atoms with Crippen molar-refractivity contribution in [1.82, 2.24) is 14.5 Å². The average molecular weight is 399 g/mol. The first-order chi connectivity index (χ1) is 14.0. The van der Waals surface area contributed by atoms with Crippen LogP contribution < -0.4 is 5.73 Å². The smallest absolute Gasteiger partial charge is 0.338 e. The number of imidazole rings is 1. The standard InChI is InChI=1S/C22H30N4O3/c1-4-6-8-18-25-19-20(26(18)13-14(3)27)16-10-9-15(12-17(16)24-21(19)23)22(28)29-11-7-5-2/h9-10,12,14,27H,4-8,11,13H2,1-3H3,(H2,23,24). The van der Waals surface area contributed by atoms with Gasteiger partial charge in [-0.15, -0.1) is 0 Å². The van der Waals surface area contributed by atoms with Gasteiger partial charge in [-0.1, -0.05) is 26.7 Å². The molecule has 29 heavy (non-hydrogen) atoms. The number of unbranched alkanes of at least 4 members (excludes halogenated alkanes) is 2. The summed E-state index contributed by atoms with van der Waals surface area (Å²) in [6, 6.07) is 5.33. The third-order valence-electron chi connectivity index (χ3n) is 4.95. The summed E-state index contributed by atoms with van der Waals surface area (Å²) < 4.78 is 7.35. The molecule has 7 nitrogen and oxygen atoms in total. The van der Waals surface area contributed by atoms with Crippen LogP contribution in [0.2, 0.25) is 0 Å². The fourth-order valence-corrected chi connectivity index (χ4v) is 3.46. The van der Waals surface area contributed by atoms with Crippen molar-refractivity contribution in [2.45, 2.75) is 65.5 Å². The second kappa shape index (κ2) is 9.22. The molecule has 0 radical (unpaired) electrons. The van der Waals surface area contributed by atoms with Crippen molar-refractivity contribution in [2.24, 2.45) is 0 Å². The lowest BCUT2D eigenvalue weighted by atomic mass is 10.1. The highest BCUT2D eigenvalue weighted by Crippen LogP contribution is 2.30. The van der Waals surface area contributed by atoms with Crippen LogP contribution in [-0.2, 0) is 17.7 Å². The Bertz CT molecular complexity index is 1010. The number of esters is 1. The molecule has 3 aromatic rings. The number of benzene rings is 1. The van der Waals surface area contributed by atoms with Crippen LogP contribution in [-0.4, -0.2) is 38.3 Å². The molecule has 2 aromatic heterocycles. The van der Waals surface area contributed by atoms with Gasteiger partial charge in [-0.3, -0.25) is 0 Å². The van der Waals surface area contributed by atoms with E-state index in [-0.39, 0.29) is 5.97 Å². The molecule has 1 unspecified atom stereocenters. The summed E-state index contributed by atoms with van der Waals surface area (Å²) in [6.07, 6.45) is 4.14. The van der Waals surface area contributed by atoms with E-state index in [1.807, 2.05) is 17.6 Å². The number of aliphatic hydroxyl groups is 1. The highest BCUT2D eigenvalue weighted by molar-refractivity contribution is 6.08. The minimum Gasteiger partial charge on any atom is -0.462 e. The molecule has 3 rings (SSSR count). The summed E-state index contributed by atoms with van der Waals surface area (Å²) in [5, 5.41) is 10.9. The predicted octanol–water partition coefficient (Wildman–Crippen LogP) is 3.85. The molecular weight excluding hydrogens is 368 g/mol. The first kappa shape index (κ1) is 21.0. The summed E-state index contributed by atoms with van der Waals surface area (Å²) in [5.41, 5.74) is 8.79. The van der Waals surface area contributed by atoms with E-state index in [9.17, 15) is 9.90 Å². The van der Waals surface area contributed by atoms with Gasteiger partial charge in [-0.2, -0.15) is 0 Å². The van der Waals surface area contributed by atoms with Gasteiger partial charge in [0.25, 0.3) is 0 Å². The van der Waals surface area contributed by atoms with Gasteiger partial charge in [0.1, 0.15) is 11.3 Å². The average Bonchev–Trinajstić information content (AvgIpc) is 3.04.